The van der Waals surface area contributed by atoms with Crippen LogP contribution in [-0.2, 0) is 4.79 Å². The van der Waals surface area contributed by atoms with Gasteiger partial charge in [-0.15, -0.1) is 0 Å². The van der Waals surface area contributed by atoms with Gasteiger partial charge in [0.05, 0.1) is 0 Å². The molecule has 1 aliphatic heterocycles. The highest BCUT2D eigenvalue weighted by atomic mass is 19.1. The van der Waals surface area contributed by atoms with E-state index in [9.17, 15) is 14.0 Å². The predicted molar refractivity (Wildman–Crippen MR) is 80.2 cm³/mol. The fourth-order valence-electron chi connectivity index (χ4n) is 2.66. The monoisotopic (exact) mass is 309 g/mol. The first-order chi connectivity index (χ1) is 10.5. The van der Waals surface area contributed by atoms with E-state index in [1.54, 1.807) is 0 Å². The number of hydrogen-bond acceptors (Lipinski definition) is 3. The molecule has 120 valence electrons. The molecule has 3 N–H and O–H groups in total. The Kier molecular flexibility index (Phi) is 5.32. The van der Waals surface area contributed by atoms with E-state index in [4.69, 9.17) is 5.11 Å². The van der Waals surface area contributed by atoms with Gasteiger partial charge in [-0.25, -0.2) is 9.18 Å². The van der Waals surface area contributed by atoms with Crippen LogP contribution in [0.2, 0.25) is 0 Å². The number of benzene rings is 1. The smallest absolute Gasteiger partial charge is 0.320 e. The number of halogens is 1. The van der Waals surface area contributed by atoms with Crippen LogP contribution in [0.4, 0.5) is 14.9 Å². The summed E-state index contributed by atoms with van der Waals surface area (Å²) >= 11 is 0. The Morgan fingerprint density at radius 2 is 2.09 bits per heavy atom. The zero-order valence-corrected chi connectivity index (χ0v) is 12.4. The largest absolute Gasteiger partial charge is 0.480 e. The number of carbonyl (C=O) groups is 2. The van der Waals surface area contributed by atoms with E-state index in [0.717, 1.165) is 0 Å². The van der Waals surface area contributed by atoms with Crippen molar-refractivity contribution in [3.05, 3.63) is 30.1 Å². The number of rotatable bonds is 5. The summed E-state index contributed by atoms with van der Waals surface area (Å²) in [4.78, 5) is 24.9. The Bertz CT molecular complexity index is 535. The fourth-order valence-corrected chi connectivity index (χ4v) is 2.66. The molecule has 7 heteroatoms. The van der Waals surface area contributed by atoms with E-state index in [1.165, 1.54) is 24.3 Å². The van der Waals surface area contributed by atoms with Crippen molar-refractivity contribution in [3.63, 3.8) is 0 Å². The second-order valence-corrected chi connectivity index (χ2v) is 5.35. The molecule has 0 aromatic heterocycles. The van der Waals surface area contributed by atoms with Gasteiger partial charge in [0.15, 0.2) is 0 Å². The van der Waals surface area contributed by atoms with E-state index in [1.807, 2.05) is 11.8 Å². The maximum atomic E-state index is 12.8. The quantitative estimate of drug-likeness (QED) is 0.776. The van der Waals surface area contributed by atoms with Gasteiger partial charge in [-0.05, 0) is 37.1 Å². The number of nitrogens with one attached hydrogen (secondary N) is 2. The molecule has 1 aliphatic rings. The Morgan fingerprint density at radius 1 is 1.41 bits per heavy atom. The lowest BCUT2D eigenvalue weighted by Crippen LogP contribution is -2.43. The van der Waals surface area contributed by atoms with Crippen molar-refractivity contribution < 1.29 is 19.1 Å². The van der Waals surface area contributed by atoms with Gasteiger partial charge >= 0.3 is 12.0 Å². The second-order valence-electron chi connectivity index (χ2n) is 5.35. The lowest BCUT2D eigenvalue weighted by atomic mass is 10.2. The van der Waals surface area contributed by atoms with Gasteiger partial charge in [0, 0.05) is 24.8 Å². The van der Waals surface area contributed by atoms with Gasteiger partial charge in [0.1, 0.15) is 11.9 Å². The number of nitrogens with zero attached hydrogens (tertiary/aromatic N) is 1. The SMILES string of the molecule is CC[C@H](C(=O)O)N1CC[C@H](NC(=O)Nc2ccc(F)cc2)C1. The zero-order chi connectivity index (χ0) is 16.1. The fraction of sp³-hybridized carbons (Fsp3) is 0.467. The summed E-state index contributed by atoms with van der Waals surface area (Å²) < 4.78 is 12.8. The number of urea groups is 1. The number of carboxylic acids is 1. The van der Waals surface area contributed by atoms with Crippen LogP contribution in [0.1, 0.15) is 19.8 Å². The molecular formula is C15H20FN3O3. The van der Waals surface area contributed by atoms with Gasteiger partial charge in [-0.1, -0.05) is 6.92 Å². The van der Waals surface area contributed by atoms with Crippen LogP contribution in [0.5, 0.6) is 0 Å². The van der Waals surface area contributed by atoms with E-state index in [2.05, 4.69) is 10.6 Å². The lowest BCUT2D eigenvalue weighted by Gasteiger charge is -2.23. The van der Waals surface area contributed by atoms with E-state index >= 15 is 0 Å². The van der Waals surface area contributed by atoms with Crippen molar-refractivity contribution in [2.45, 2.75) is 31.8 Å². The molecule has 0 bridgehead atoms. The van der Waals surface area contributed by atoms with Crippen molar-refractivity contribution in [2.75, 3.05) is 18.4 Å². The van der Waals surface area contributed by atoms with Crippen LogP contribution in [0, 0.1) is 5.82 Å². The van der Waals surface area contributed by atoms with Crippen molar-refractivity contribution >= 4 is 17.7 Å². The second kappa shape index (κ2) is 7.22. The summed E-state index contributed by atoms with van der Waals surface area (Å²) in [5.41, 5.74) is 0.505. The number of carbonyl (C=O) groups excluding carboxylic acids is 1. The predicted octanol–water partition coefficient (Wildman–Crippen LogP) is 1.88. The molecule has 6 nitrogen and oxygen atoms in total. The summed E-state index contributed by atoms with van der Waals surface area (Å²) in [5, 5.41) is 14.6. The van der Waals surface area contributed by atoms with Gasteiger partial charge in [-0.3, -0.25) is 9.69 Å². The van der Waals surface area contributed by atoms with Crippen molar-refractivity contribution in [2.24, 2.45) is 0 Å². The molecule has 1 fully saturated rings. The molecule has 2 amide bonds. The number of hydrogen-bond donors (Lipinski definition) is 3. The van der Waals surface area contributed by atoms with Crippen LogP contribution in [0.15, 0.2) is 24.3 Å². The third-order valence-corrected chi connectivity index (χ3v) is 3.77. The first-order valence-corrected chi connectivity index (χ1v) is 7.29. The van der Waals surface area contributed by atoms with E-state index in [-0.39, 0.29) is 17.9 Å². The molecule has 0 radical (unpaired) electrons. The Labute approximate surface area is 128 Å². The topological polar surface area (TPSA) is 81.7 Å². The molecule has 1 aromatic rings. The summed E-state index contributed by atoms with van der Waals surface area (Å²) in [6.45, 7) is 2.99. The molecule has 0 unspecified atom stereocenters. The van der Waals surface area contributed by atoms with Crippen molar-refractivity contribution in [3.8, 4) is 0 Å². The summed E-state index contributed by atoms with van der Waals surface area (Å²) in [7, 11) is 0. The molecule has 0 saturated carbocycles. The highest BCUT2D eigenvalue weighted by Gasteiger charge is 2.31. The molecule has 22 heavy (non-hydrogen) atoms. The van der Waals surface area contributed by atoms with Gasteiger partial charge in [-0.2, -0.15) is 0 Å². The molecule has 1 saturated heterocycles. The number of carboxylic acid groups (broad SMARTS) is 1. The maximum Gasteiger partial charge on any atom is 0.320 e. The van der Waals surface area contributed by atoms with Crippen LogP contribution in [-0.4, -0.2) is 47.2 Å². The maximum absolute atomic E-state index is 12.8. The molecule has 1 aromatic carbocycles. The normalized spacial score (nSPS) is 19.6. The minimum atomic E-state index is -0.834. The third kappa shape index (κ3) is 4.17. The minimum Gasteiger partial charge on any atom is -0.480 e. The summed E-state index contributed by atoms with van der Waals surface area (Å²) in [6, 6.07) is 4.53. The van der Waals surface area contributed by atoms with Gasteiger partial charge in [0.25, 0.3) is 0 Å². The van der Waals surface area contributed by atoms with E-state index < -0.39 is 12.0 Å². The van der Waals surface area contributed by atoms with Crippen molar-refractivity contribution in [1.82, 2.24) is 10.2 Å². The van der Waals surface area contributed by atoms with Crippen LogP contribution in [0.25, 0.3) is 0 Å². The summed E-state index contributed by atoms with van der Waals surface area (Å²) in [6.07, 6.45) is 1.24. The van der Waals surface area contributed by atoms with Crippen LogP contribution in [0.3, 0.4) is 0 Å². The number of amides is 2. The highest BCUT2D eigenvalue weighted by Crippen LogP contribution is 2.15. The number of aliphatic carboxylic acids is 1. The average Bonchev–Trinajstić information content (AvgIpc) is 2.90. The standard InChI is InChI=1S/C15H20FN3O3/c1-2-13(14(20)21)19-8-7-12(9-19)18-15(22)17-11-5-3-10(16)4-6-11/h3-6,12-13H,2,7-9H2,1H3,(H,20,21)(H2,17,18,22)/t12-,13+/m0/s1. The molecule has 1 heterocycles. The minimum absolute atomic E-state index is 0.0890. The number of anilines is 1. The number of likely N-dealkylation sites (tertiary alicyclic amines) is 1. The molecule has 2 atom stereocenters. The van der Waals surface area contributed by atoms with Gasteiger partial charge in [0.2, 0.25) is 0 Å². The Morgan fingerprint density at radius 3 is 2.68 bits per heavy atom. The average molecular weight is 309 g/mol. The van der Waals surface area contributed by atoms with Crippen LogP contribution >= 0.6 is 0 Å². The van der Waals surface area contributed by atoms with E-state index in [0.29, 0.717) is 31.6 Å². The summed E-state index contributed by atoms with van der Waals surface area (Å²) in [5.74, 6) is -1.20. The van der Waals surface area contributed by atoms with Crippen molar-refractivity contribution in [1.29, 1.82) is 0 Å². The highest BCUT2D eigenvalue weighted by molar-refractivity contribution is 5.89. The first kappa shape index (κ1) is 16.2. The lowest BCUT2D eigenvalue weighted by molar-refractivity contribution is -0.143. The Hall–Kier alpha value is -2.15. The molecule has 0 spiro atoms. The zero-order valence-electron chi connectivity index (χ0n) is 12.4. The Balaban J connectivity index is 1.83. The molecule has 0 aliphatic carbocycles. The third-order valence-electron chi connectivity index (χ3n) is 3.77. The molecular weight excluding hydrogens is 289 g/mol. The first-order valence-electron chi connectivity index (χ1n) is 7.29. The van der Waals surface area contributed by atoms with Crippen LogP contribution < -0.4 is 10.6 Å². The van der Waals surface area contributed by atoms with Gasteiger partial charge < -0.3 is 15.7 Å². The molecule has 2 rings (SSSR count).